The molecule has 16 heavy (non-hydrogen) atoms. The van der Waals surface area contributed by atoms with Crippen LogP contribution in [0.2, 0.25) is 0 Å². The number of thiol groups is 2. The van der Waals surface area contributed by atoms with Crippen LogP contribution in [0.25, 0.3) is 0 Å². The highest BCUT2D eigenvalue weighted by Gasteiger charge is 2.14. The van der Waals surface area contributed by atoms with Crippen LogP contribution in [0.1, 0.15) is 12.0 Å². The molecule has 0 N–H and O–H groups in total. The van der Waals surface area contributed by atoms with Crippen LogP contribution >= 0.6 is 25.3 Å². The molecule has 0 saturated heterocycles. The number of ether oxygens (including phenoxy) is 1. The van der Waals surface area contributed by atoms with Crippen molar-refractivity contribution in [3.8, 4) is 5.75 Å². The van der Waals surface area contributed by atoms with Gasteiger partial charge < -0.3 is 4.74 Å². The van der Waals surface area contributed by atoms with E-state index in [1.165, 1.54) is 0 Å². The van der Waals surface area contributed by atoms with Crippen molar-refractivity contribution in [1.82, 2.24) is 0 Å². The van der Waals surface area contributed by atoms with Gasteiger partial charge in [0.05, 0.1) is 7.11 Å². The molecule has 0 fully saturated rings. The Balaban J connectivity index is 2.65. The van der Waals surface area contributed by atoms with Crippen molar-refractivity contribution in [2.75, 3.05) is 12.9 Å². The van der Waals surface area contributed by atoms with E-state index < -0.39 is 0 Å². The highest BCUT2D eigenvalue weighted by Crippen LogP contribution is 2.18. The summed E-state index contributed by atoms with van der Waals surface area (Å²) in [5.41, 5.74) is 1.12. The van der Waals surface area contributed by atoms with E-state index in [0.29, 0.717) is 12.2 Å². The van der Waals surface area contributed by atoms with Crippen molar-refractivity contribution in [1.29, 1.82) is 0 Å². The monoisotopic (exact) mass is 256 g/mol. The zero-order valence-electron chi connectivity index (χ0n) is 9.22. The second kappa shape index (κ2) is 6.86. The van der Waals surface area contributed by atoms with Gasteiger partial charge in [-0.2, -0.15) is 12.6 Å². The van der Waals surface area contributed by atoms with E-state index >= 15 is 0 Å². The molecule has 1 aromatic rings. The summed E-state index contributed by atoms with van der Waals surface area (Å²) < 4.78 is 5.07. The number of carbonyl (C=O) groups excluding carboxylic acids is 1. The minimum atomic E-state index is -0.0649. The summed E-state index contributed by atoms with van der Waals surface area (Å²) in [6, 6.07) is 7.74. The molecule has 0 aliphatic carbocycles. The van der Waals surface area contributed by atoms with Gasteiger partial charge >= 0.3 is 0 Å². The van der Waals surface area contributed by atoms with Crippen LogP contribution in [0.15, 0.2) is 24.3 Å². The van der Waals surface area contributed by atoms with Crippen LogP contribution in [0, 0.1) is 5.92 Å². The fourth-order valence-corrected chi connectivity index (χ4v) is 2.05. The zero-order valence-corrected chi connectivity index (χ0v) is 11.0. The SMILES string of the molecule is COc1ccc(CC(CCS)C(=O)S)cc1. The Hall–Kier alpha value is -0.610. The second-order valence-electron chi connectivity index (χ2n) is 3.60. The van der Waals surface area contributed by atoms with E-state index in [0.717, 1.165) is 17.7 Å². The molecule has 0 spiro atoms. The van der Waals surface area contributed by atoms with Gasteiger partial charge in [-0.05, 0) is 36.3 Å². The number of hydrogen-bond donors (Lipinski definition) is 2. The molecule has 0 aromatic heterocycles. The predicted octanol–water partition coefficient (Wildman–Crippen LogP) is 2.63. The maximum absolute atomic E-state index is 11.3. The Bertz CT molecular complexity index is 335. The number of carbonyl (C=O) groups is 1. The first-order chi connectivity index (χ1) is 7.67. The molecule has 0 aliphatic rings. The number of benzene rings is 1. The van der Waals surface area contributed by atoms with Gasteiger partial charge in [0.15, 0.2) is 5.12 Å². The van der Waals surface area contributed by atoms with Gasteiger partial charge in [0.2, 0.25) is 0 Å². The molecule has 0 radical (unpaired) electrons. The van der Waals surface area contributed by atoms with Gasteiger partial charge in [-0.1, -0.05) is 12.1 Å². The third-order valence-corrected chi connectivity index (χ3v) is 3.09. The largest absolute Gasteiger partial charge is 0.497 e. The fourth-order valence-electron chi connectivity index (χ4n) is 1.51. The molecule has 1 unspecified atom stereocenters. The lowest BCUT2D eigenvalue weighted by Crippen LogP contribution is -2.12. The van der Waals surface area contributed by atoms with Crippen molar-refractivity contribution in [2.24, 2.45) is 5.92 Å². The smallest absolute Gasteiger partial charge is 0.189 e. The Morgan fingerprint density at radius 1 is 1.38 bits per heavy atom. The first-order valence-corrected chi connectivity index (χ1v) is 6.22. The average molecular weight is 256 g/mol. The Morgan fingerprint density at radius 3 is 2.44 bits per heavy atom. The van der Waals surface area contributed by atoms with E-state index in [2.05, 4.69) is 25.3 Å². The van der Waals surface area contributed by atoms with Crippen LogP contribution in [0.4, 0.5) is 0 Å². The number of methoxy groups -OCH3 is 1. The predicted molar refractivity (Wildman–Crippen MR) is 72.7 cm³/mol. The molecule has 4 heteroatoms. The van der Waals surface area contributed by atoms with Gasteiger partial charge in [0.1, 0.15) is 5.75 Å². The molecule has 2 nitrogen and oxygen atoms in total. The van der Waals surface area contributed by atoms with Crippen LogP contribution in [-0.2, 0) is 11.2 Å². The first-order valence-electron chi connectivity index (χ1n) is 5.14. The Labute approximate surface area is 107 Å². The molecule has 88 valence electrons. The molecule has 0 amide bonds. The summed E-state index contributed by atoms with van der Waals surface area (Å²) in [6.07, 6.45) is 1.48. The molecule has 0 aliphatic heterocycles. The lowest BCUT2D eigenvalue weighted by atomic mass is 9.98. The lowest BCUT2D eigenvalue weighted by molar-refractivity contribution is -0.114. The summed E-state index contributed by atoms with van der Waals surface area (Å²) in [5, 5.41) is -0.0649. The van der Waals surface area contributed by atoms with E-state index in [1.54, 1.807) is 7.11 Å². The summed E-state index contributed by atoms with van der Waals surface area (Å²) >= 11 is 8.04. The minimum Gasteiger partial charge on any atom is -0.497 e. The van der Waals surface area contributed by atoms with Crippen LogP contribution in [0.3, 0.4) is 0 Å². The van der Waals surface area contributed by atoms with Crippen molar-refractivity contribution < 1.29 is 9.53 Å². The third kappa shape index (κ3) is 4.10. The molecule has 0 heterocycles. The molecule has 1 aromatic carbocycles. The van der Waals surface area contributed by atoms with E-state index in [4.69, 9.17) is 4.74 Å². The fraction of sp³-hybridized carbons (Fsp3) is 0.417. The molecular formula is C12H16O2S2. The summed E-state index contributed by atoms with van der Waals surface area (Å²) in [5.74, 6) is 1.48. The maximum Gasteiger partial charge on any atom is 0.189 e. The number of rotatable bonds is 6. The van der Waals surface area contributed by atoms with E-state index in [9.17, 15) is 4.79 Å². The van der Waals surface area contributed by atoms with Crippen LogP contribution in [-0.4, -0.2) is 18.0 Å². The number of hydrogen-bond acceptors (Lipinski definition) is 3. The minimum absolute atomic E-state index is 0.0470. The normalized spacial score (nSPS) is 12.2. The van der Waals surface area contributed by atoms with Gasteiger partial charge in [-0.15, -0.1) is 12.6 Å². The van der Waals surface area contributed by atoms with Crippen LogP contribution in [0.5, 0.6) is 5.75 Å². The molecule has 0 bridgehead atoms. The van der Waals surface area contributed by atoms with Crippen molar-refractivity contribution in [3.63, 3.8) is 0 Å². The van der Waals surface area contributed by atoms with E-state index in [1.807, 2.05) is 24.3 Å². The van der Waals surface area contributed by atoms with Crippen molar-refractivity contribution in [3.05, 3.63) is 29.8 Å². The molecule has 1 rings (SSSR count). The van der Waals surface area contributed by atoms with Crippen molar-refractivity contribution in [2.45, 2.75) is 12.8 Å². The van der Waals surface area contributed by atoms with Gasteiger partial charge in [-0.3, -0.25) is 4.79 Å². The summed E-state index contributed by atoms with van der Waals surface area (Å²) in [7, 11) is 1.63. The van der Waals surface area contributed by atoms with Gasteiger partial charge in [-0.25, -0.2) is 0 Å². The van der Waals surface area contributed by atoms with E-state index in [-0.39, 0.29) is 11.0 Å². The van der Waals surface area contributed by atoms with Gasteiger partial charge in [0.25, 0.3) is 0 Å². The summed E-state index contributed by atoms with van der Waals surface area (Å²) in [6.45, 7) is 0. The Kier molecular flexibility index (Phi) is 5.77. The quantitative estimate of drug-likeness (QED) is 0.765. The standard InChI is InChI=1S/C12H16O2S2/c1-14-11-4-2-9(3-5-11)8-10(6-7-15)12(13)16/h2-5,10,15H,6-8H2,1H3,(H,13,16). The maximum atomic E-state index is 11.3. The lowest BCUT2D eigenvalue weighted by Gasteiger charge is -2.11. The third-order valence-electron chi connectivity index (χ3n) is 2.47. The summed E-state index contributed by atoms with van der Waals surface area (Å²) in [4.78, 5) is 11.3. The zero-order chi connectivity index (χ0) is 12.0. The highest BCUT2D eigenvalue weighted by molar-refractivity contribution is 7.96. The van der Waals surface area contributed by atoms with Gasteiger partial charge in [0, 0.05) is 5.92 Å². The average Bonchev–Trinajstić information content (AvgIpc) is 2.29. The molecule has 0 saturated carbocycles. The molecule has 1 atom stereocenters. The molecular weight excluding hydrogens is 240 g/mol. The first kappa shape index (κ1) is 13.5. The topological polar surface area (TPSA) is 26.3 Å². The second-order valence-corrected chi connectivity index (χ2v) is 4.49. The Morgan fingerprint density at radius 2 is 2.00 bits per heavy atom. The van der Waals surface area contributed by atoms with Crippen LogP contribution < -0.4 is 4.74 Å². The highest BCUT2D eigenvalue weighted by atomic mass is 32.1. The van der Waals surface area contributed by atoms with Crippen molar-refractivity contribution >= 4 is 30.4 Å².